The Morgan fingerprint density at radius 1 is 1.32 bits per heavy atom. The maximum Gasteiger partial charge on any atom is 0.254 e. The smallest absolute Gasteiger partial charge is 0.254 e. The van der Waals surface area contributed by atoms with E-state index >= 15 is 0 Å². The number of methoxy groups -OCH3 is 3. The van der Waals surface area contributed by atoms with E-state index in [0.29, 0.717) is 25.4 Å². The molecule has 0 aromatic carbocycles. The number of rotatable bonds is 8. The van der Waals surface area contributed by atoms with E-state index in [1.165, 1.54) is 0 Å². The molecule has 0 radical (unpaired) electrons. The van der Waals surface area contributed by atoms with E-state index < -0.39 is 11.8 Å². The van der Waals surface area contributed by atoms with Crippen molar-refractivity contribution in [3.8, 4) is 0 Å². The summed E-state index contributed by atoms with van der Waals surface area (Å²) in [6, 6.07) is 0. The van der Waals surface area contributed by atoms with Crippen LogP contribution in [0.1, 0.15) is 18.7 Å². The Morgan fingerprint density at radius 2 is 2.04 bits per heavy atom. The summed E-state index contributed by atoms with van der Waals surface area (Å²) in [5, 5.41) is 0. The van der Waals surface area contributed by atoms with E-state index in [1.807, 2.05) is 6.92 Å². The van der Waals surface area contributed by atoms with E-state index in [-0.39, 0.29) is 22.5 Å². The number of hydrogen-bond donors (Lipinski definition) is 1. The third kappa shape index (κ3) is 4.02. The van der Waals surface area contributed by atoms with Crippen molar-refractivity contribution >= 4 is 12.2 Å². The normalized spacial score (nSPS) is 29.2. The van der Waals surface area contributed by atoms with Crippen LogP contribution in [-0.4, -0.2) is 68.5 Å². The number of aromatic nitrogens is 2. The van der Waals surface area contributed by atoms with E-state index in [4.69, 9.17) is 35.9 Å². The van der Waals surface area contributed by atoms with Crippen molar-refractivity contribution in [1.29, 1.82) is 0 Å². The molecule has 2 heterocycles. The number of aryl methyl sites for hydroxylation is 1. The number of nitrogens with one attached hydrogen (secondary N) is 1. The van der Waals surface area contributed by atoms with Crippen molar-refractivity contribution in [3.05, 3.63) is 26.9 Å². The molecule has 1 saturated heterocycles. The van der Waals surface area contributed by atoms with Gasteiger partial charge >= 0.3 is 0 Å². The van der Waals surface area contributed by atoms with Gasteiger partial charge in [0.1, 0.15) is 17.8 Å². The first-order valence-electron chi connectivity index (χ1n) is 8.01. The lowest BCUT2D eigenvalue weighted by atomic mass is 9.95. The van der Waals surface area contributed by atoms with Gasteiger partial charge in [0, 0.05) is 33.1 Å². The van der Waals surface area contributed by atoms with Gasteiger partial charge in [-0.25, -0.2) is 0 Å². The lowest BCUT2D eigenvalue weighted by Crippen LogP contribution is -2.48. The van der Waals surface area contributed by atoms with Crippen LogP contribution in [0.25, 0.3) is 0 Å². The van der Waals surface area contributed by atoms with E-state index in [9.17, 15) is 4.79 Å². The van der Waals surface area contributed by atoms with Crippen LogP contribution >= 0.6 is 12.2 Å². The minimum atomic E-state index is -0.848. The van der Waals surface area contributed by atoms with E-state index in [2.05, 4.69) is 4.98 Å². The Morgan fingerprint density at radius 3 is 2.64 bits per heavy atom. The zero-order valence-electron chi connectivity index (χ0n) is 15.2. The molecule has 0 saturated carbocycles. The fourth-order valence-electron chi connectivity index (χ4n) is 3.16. The maximum atomic E-state index is 11.8. The summed E-state index contributed by atoms with van der Waals surface area (Å²) in [5.74, 6) is 0. The Bertz CT molecular complexity index is 690. The highest BCUT2D eigenvalue weighted by atomic mass is 32.1. The number of hydrogen-bond acceptors (Lipinski definition) is 7. The molecule has 142 valence electrons. The Balaban J connectivity index is 2.46. The van der Waals surface area contributed by atoms with Crippen LogP contribution in [0.15, 0.2) is 11.0 Å². The number of aromatic amines is 1. The Hall–Kier alpha value is -1.10. The van der Waals surface area contributed by atoms with Crippen molar-refractivity contribution in [3.63, 3.8) is 0 Å². The van der Waals surface area contributed by atoms with Gasteiger partial charge in [-0.1, -0.05) is 0 Å². The average Bonchev–Trinajstić information content (AvgIpc) is 2.83. The number of nitrogens with zero attached hydrogens (tertiary/aromatic N) is 1. The van der Waals surface area contributed by atoms with Crippen molar-refractivity contribution in [2.45, 2.75) is 37.9 Å². The van der Waals surface area contributed by atoms with Crippen LogP contribution in [0.4, 0.5) is 0 Å². The first kappa shape index (κ1) is 20.2. The van der Waals surface area contributed by atoms with Crippen LogP contribution in [0.5, 0.6) is 0 Å². The van der Waals surface area contributed by atoms with Gasteiger partial charge in [-0.2, -0.15) is 0 Å². The average molecular weight is 374 g/mol. The minimum absolute atomic E-state index is 0.224. The maximum absolute atomic E-state index is 11.8. The molecule has 0 bridgehead atoms. The fraction of sp³-hybridized carbons (Fsp3) is 0.750. The second-order valence-corrected chi connectivity index (χ2v) is 6.53. The molecule has 1 aromatic heterocycles. The molecule has 8 nitrogen and oxygen atoms in total. The summed E-state index contributed by atoms with van der Waals surface area (Å²) in [4.78, 5) is 14.5. The quantitative estimate of drug-likeness (QED) is 0.541. The highest BCUT2D eigenvalue weighted by Gasteiger charge is 2.56. The van der Waals surface area contributed by atoms with Crippen molar-refractivity contribution in [2.75, 3.05) is 41.2 Å². The number of H-pyrrole nitrogens is 1. The molecule has 25 heavy (non-hydrogen) atoms. The molecule has 0 amide bonds. The fourth-order valence-corrected chi connectivity index (χ4v) is 3.40. The van der Waals surface area contributed by atoms with Gasteiger partial charge < -0.3 is 23.7 Å². The molecule has 2 rings (SSSR count). The molecule has 9 heteroatoms. The van der Waals surface area contributed by atoms with Crippen LogP contribution in [0.2, 0.25) is 0 Å². The zero-order chi connectivity index (χ0) is 18.6. The topological polar surface area (TPSA) is 83.9 Å². The van der Waals surface area contributed by atoms with Gasteiger partial charge in [0.25, 0.3) is 5.56 Å². The Labute approximate surface area is 152 Å². The predicted octanol–water partition coefficient (Wildman–Crippen LogP) is 1.19. The molecule has 1 aliphatic heterocycles. The van der Waals surface area contributed by atoms with E-state index in [0.717, 1.165) is 0 Å². The first-order valence-corrected chi connectivity index (χ1v) is 8.42. The molecular formula is C16H26N2O6S. The van der Waals surface area contributed by atoms with Crippen LogP contribution in [-0.2, 0) is 23.7 Å². The van der Waals surface area contributed by atoms with Gasteiger partial charge in [-0.15, -0.1) is 0 Å². The summed E-state index contributed by atoms with van der Waals surface area (Å²) < 4.78 is 30.3. The van der Waals surface area contributed by atoms with E-state index in [1.54, 1.807) is 39.0 Å². The van der Waals surface area contributed by atoms with Crippen LogP contribution in [0.3, 0.4) is 0 Å². The minimum Gasteiger partial charge on any atom is -0.382 e. The molecular weight excluding hydrogens is 348 g/mol. The summed E-state index contributed by atoms with van der Waals surface area (Å²) in [6.07, 6.45) is 0.355. The molecule has 1 N–H and O–H groups in total. The molecule has 1 fully saturated rings. The highest BCUT2D eigenvalue weighted by Crippen LogP contribution is 2.42. The van der Waals surface area contributed by atoms with Gasteiger partial charge in [-0.3, -0.25) is 14.3 Å². The molecule has 0 aliphatic carbocycles. The SMILES string of the molecule is COCCOC1(C)C(OC)[C@@H](COC)O[C@H]1n1cc(C)c(=O)[nH]c1=S. The predicted molar refractivity (Wildman–Crippen MR) is 93.4 cm³/mol. The molecule has 1 aromatic rings. The first-order chi connectivity index (χ1) is 11.9. The van der Waals surface area contributed by atoms with Crippen molar-refractivity contribution < 1.29 is 23.7 Å². The Kier molecular flexibility index (Phi) is 6.89. The number of ether oxygens (including phenoxy) is 5. The monoisotopic (exact) mass is 374 g/mol. The molecule has 0 spiro atoms. The third-order valence-electron chi connectivity index (χ3n) is 4.38. The molecule has 2 unspecified atom stereocenters. The van der Waals surface area contributed by atoms with Gasteiger partial charge in [0.15, 0.2) is 11.0 Å². The van der Waals surface area contributed by atoms with Crippen LogP contribution in [0, 0.1) is 11.7 Å². The summed E-state index contributed by atoms with van der Waals surface area (Å²) in [7, 11) is 4.81. The van der Waals surface area contributed by atoms with Gasteiger partial charge in [0.05, 0.1) is 19.8 Å². The van der Waals surface area contributed by atoms with Crippen molar-refractivity contribution in [2.24, 2.45) is 0 Å². The lowest BCUT2D eigenvalue weighted by Gasteiger charge is -2.35. The standard InChI is InChI=1S/C16H26N2O6S/c1-10-8-18(15(25)17-13(10)19)14-16(2,23-7-6-20-3)12(22-5)11(24-14)9-21-4/h8,11-12,14H,6-7,9H2,1-5H3,(H,17,19,25)/t11-,12?,14-,16?/m1/s1. The van der Waals surface area contributed by atoms with Gasteiger partial charge in [0.2, 0.25) is 0 Å². The largest absolute Gasteiger partial charge is 0.382 e. The molecule has 1 aliphatic rings. The lowest BCUT2D eigenvalue weighted by molar-refractivity contribution is -0.152. The third-order valence-corrected chi connectivity index (χ3v) is 4.69. The molecule has 4 atom stereocenters. The zero-order valence-corrected chi connectivity index (χ0v) is 16.1. The second kappa shape index (κ2) is 8.52. The van der Waals surface area contributed by atoms with Crippen LogP contribution < -0.4 is 5.56 Å². The van der Waals surface area contributed by atoms with Crippen molar-refractivity contribution in [1.82, 2.24) is 9.55 Å². The summed E-state index contributed by atoms with van der Waals surface area (Å²) in [6.45, 7) is 4.75. The highest BCUT2D eigenvalue weighted by molar-refractivity contribution is 7.71. The second-order valence-electron chi connectivity index (χ2n) is 6.14. The summed E-state index contributed by atoms with van der Waals surface area (Å²) >= 11 is 5.33. The van der Waals surface area contributed by atoms with Gasteiger partial charge in [-0.05, 0) is 26.1 Å². The summed E-state index contributed by atoms with van der Waals surface area (Å²) in [5.41, 5.74) is -0.544.